The Balaban J connectivity index is 4.22. The quantitative estimate of drug-likeness (QED) is 0.669. The molecule has 17 heavy (non-hydrogen) atoms. The van der Waals surface area contributed by atoms with Crippen LogP contribution in [0.15, 0.2) is 0 Å². The van der Waals surface area contributed by atoms with E-state index in [0.29, 0.717) is 6.42 Å². The number of carboxylic acid groups (broad SMARTS) is 1. The number of rotatable bonds is 6. The maximum atomic E-state index is 11.7. The first-order chi connectivity index (χ1) is 7.58. The zero-order valence-electron chi connectivity index (χ0n) is 11.4. The molecule has 0 spiro atoms. The van der Waals surface area contributed by atoms with Gasteiger partial charge in [0.15, 0.2) is 0 Å². The summed E-state index contributed by atoms with van der Waals surface area (Å²) in [4.78, 5) is 22.2. The van der Waals surface area contributed by atoms with Gasteiger partial charge >= 0.3 is 12.0 Å². The molecule has 0 aromatic heterocycles. The van der Waals surface area contributed by atoms with Crippen LogP contribution >= 0.6 is 0 Å². The van der Waals surface area contributed by atoms with Crippen molar-refractivity contribution < 1.29 is 14.7 Å². The van der Waals surface area contributed by atoms with E-state index >= 15 is 0 Å². The Morgan fingerprint density at radius 1 is 1.06 bits per heavy atom. The van der Waals surface area contributed by atoms with Gasteiger partial charge in [0, 0.05) is 17.5 Å². The molecular weight excluding hydrogens is 220 g/mol. The number of nitrogens with one attached hydrogen (secondary N) is 2. The first kappa shape index (κ1) is 15.7. The lowest BCUT2D eigenvalue weighted by Crippen LogP contribution is -2.54. The Hall–Kier alpha value is -1.26. The van der Waals surface area contributed by atoms with Crippen molar-refractivity contribution in [3.63, 3.8) is 0 Å². The van der Waals surface area contributed by atoms with E-state index in [-0.39, 0.29) is 18.0 Å². The van der Waals surface area contributed by atoms with Crippen LogP contribution in [0.25, 0.3) is 0 Å². The molecule has 2 amide bonds. The van der Waals surface area contributed by atoms with Crippen LogP contribution in [0.2, 0.25) is 0 Å². The van der Waals surface area contributed by atoms with E-state index in [9.17, 15) is 9.59 Å². The Labute approximate surface area is 103 Å². The summed E-state index contributed by atoms with van der Waals surface area (Å²) < 4.78 is 0. The van der Waals surface area contributed by atoms with Gasteiger partial charge in [-0.05, 0) is 40.5 Å². The molecule has 3 N–H and O–H groups in total. The Morgan fingerprint density at radius 3 is 1.94 bits per heavy atom. The van der Waals surface area contributed by atoms with Crippen LogP contribution in [-0.2, 0) is 4.79 Å². The highest BCUT2D eigenvalue weighted by molar-refractivity contribution is 5.75. The average molecular weight is 244 g/mol. The number of urea groups is 1. The number of amides is 2. The summed E-state index contributed by atoms with van der Waals surface area (Å²) in [6.45, 7) is 9.51. The molecule has 100 valence electrons. The molecule has 5 heteroatoms. The number of carboxylic acids is 1. The lowest BCUT2D eigenvalue weighted by Gasteiger charge is -2.30. The van der Waals surface area contributed by atoms with Crippen molar-refractivity contribution >= 4 is 12.0 Å². The number of carbonyl (C=O) groups is 2. The molecule has 0 aliphatic heterocycles. The van der Waals surface area contributed by atoms with Crippen molar-refractivity contribution in [2.45, 2.75) is 65.0 Å². The van der Waals surface area contributed by atoms with E-state index in [1.54, 1.807) is 0 Å². The summed E-state index contributed by atoms with van der Waals surface area (Å²) in [6.07, 6.45) is 1.28. The van der Waals surface area contributed by atoms with Crippen LogP contribution < -0.4 is 10.6 Å². The van der Waals surface area contributed by atoms with Gasteiger partial charge in [-0.2, -0.15) is 0 Å². The molecule has 0 aromatic carbocycles. The molecule has 0 aromatic rings. The summed E-state index contributed by atoms with van der Waals surface area (Å²) in [5.41, 5.74) is -0.779. The lowest BCUT2D eigenvalue weighted by atomic mass is 9.98. The minimum Gasteiger partial charge on any atom is -0.481 e. The van der Waals surface area contributed by atoms with E-state index in [2.05, 4.69) is 10.6 Å². The predicted molar refractivity (Wildman–Crippen MR) is 67.0 cm³/mol. The minimum atomic E-state index is -0.853. The number of hydrogen-bond donors (Lipinski definition) is 3. The van der Waals surface area contributed by atoms with Crippen LogP contribution in [0, 0.1) is 0 Å². The predicted octanol–water partition coefficient (Wildman–Crippen LogP) is 2.12. The second-order valence-electron chi connectivity index (χ2n) is 5.59. The normalized spacial score (nSPS) is 12.1. The van der Waals surface area contributed by atoms with Gasteiger partial charge in [0.05, 0.1) is 0 Å². The maximum Gasteiger partial charge on any atom is 0.315 e. The fourth-order valence-electron chi connectivity index (χ4n) is 1.22. The molecular formula is C12H24N2O3. The third kappa shape index (κ3) is 7.60. The molecule has 0 atom stereocenters. The molecule has 0 aliphatic rings. The topological polar surface area (TPSA) is 78.4 Å². The highest BCUT2D eigenvalue weighted by Gasteiger charge is 2.24. The fourth-order valence-corrected chi connectivity index (χ4v) is 1.22. The first-order valence-electron chi connectivity index (χ1n) is 5.90. The molecule has 0 rings (SSSR count). The number of carbonyl (C=O) groups excluding carboxylic acids is 1. The fraction of sp³-hybridized carbons (Fsp3) is 0.833. The maximum absolute atomic E-state index is 11.7. The second-order valence-corrected chi connectivity index (χ2v) is 5.59. The van der Waals surface area contributed by atoms with Gasteiger partial charge < -0.3 is 15.7 Å². The Morgan fingerprint density at radius 2 is 1.53 bits per heavy atom. The standard InChI is InChI=1S/C12H24N2O3/c1-6-11(2,3)13-10(17)14-12(4,5)8-7-9(15)16/h6-8H2,1-5H3,(H,15,16)(H2,13,14,17). The monoisotopic (exact) mass is 244 g/mol. The van der Waals surface area contributed by atoms with Gasteiger partial charge in [-0.15, -0.1) is 0 Å². The second kappa shape index (κ2) is 5.89. The average Bonchev–Trinajstić information content (AvgIpc) is 2.13. The molecule has 0 unspecified atom stereocenters. The zero-order valence-corrected chi connectivity index (χ0v) is 11.4. The molecule has 0 bridgehead atoms. The van der Waals surface area contributed by atoms with Crippen molar-refractivity contribution in [3.05, 3.63) is 0 Å². The van der Waals surface area contributed by atoms with E-state index in [1.807, 2.05) is 34.6 Å². The van der Waals surface area contributed by atoms with Gasteiger partial charge in [0.1, 0.15) is 0 Å². The van der Waals surface area contributed by atoms with Crippen LogP contribution in [0.3, 0.4) is 0 Å². The summed E-state index contributed by atoms with van der Waals surface area (Å²) in [5, 5.41) is 14.2. The van der Waals surface area contributed by atoms with Gasteiger partial charge in [-0.3, -0.25) is 4.79 Å². The van der Waals surface area contributed by atoms with Crippen molar-refractivity contribution in [2.24, 2.45) is 0 Å². The van der Waals surface area contributed by atoms with Crippen LogP contribution in [0.1, 0.15) is 53.9 Å². The van der Waals surface area contributed by atoms with Gasteiger partial charge in [-0.25, -0.2) is 4.79 Å². The van der Waals surface area contributed by atoms with Crippen LogP contribution in [0.4, 0.5) is 4.79 Å². The molecule has 0 radical (unpaired) electrons. The smallest absolute Gasteiger partial charge is 0.315 e. The van der Waals surface area contributed by atoms with Crippen LogP contribution in [-0.4, -0.2) is 28.2 Å². The van der Waals surface area contributed by atoms with Gasteiger partial charge in [0.2, 0.25) is 0 Å². The Bertz CT molecular complexity index is 285. The lowest BCUT2D eigenvalue weighted by molar-refractivity contribution is -0.137. The van der Waals surface area contributed by atoms with E-state index in [0.717, 1.165) is 6.42 Å². The number of aliphatic carboxylic acids is 1. The van der Waals surface area contributed by atoms with Crippen LogP contribution in [0.5, 0.6) is 0 Å². The third-order valence-corrected chi connectivity index (χ3v) is 2.75. The van der Waals surface area contributed by atoms with E-state index in [4.69, 9.17) is 5.11 Å². The Kier molecular flexibility index (Phi) is 5.45. The summed E-state index contributed by atoms with van der Waals surface area (Å²) in [6, 6.07) is -0.257. The first-order valence-corrected chi connectivity index (χ1v) is 5.90. The molecule has 0 heterocycles. The molecule has 0 saturated carbocycles. The summed E-state index contributed by atoms with van der Waals surface area (Å²) in [5.74, 6) is -0.853. The van der Waals surface area contributed by atoms with Crippen molar-refractivity contribution in [1.29, 1.82) is 0 Å². The van der Waals surface area contributed by atoms with E-state index < -0.39 is 11.5 Å². The molecule has 5 nitrogen and oxygen atoms in total. The molecule has 0 fully saturated rings. The van der Waals surface area contributed by atoms with Crippen molar-refractivity contribution in [1.82, 2.24) is 10.6 Å². The van der Waals surface area contributed by atoms with Crippen molar-refractivity contribution in [3.8, 4) is 0 Å². The number of hydrogen-bond acceptors (Lipinski definition) is 2. The third-order valence-electron chi connectivity index (χ3n) is 2.75. The SMILES string of the molecule is CCC(C)(C)NC(=O)NC(C)(C)CCC(=O)O. The highest BCUT2D eigenvalue weighted by Crippen LogP contribution is 2.12. The summed E-state index contributed by atoms with van der Waals surface area (Å²) in [7, 11) is 0. The molecule has 0 aliphatic carbocycles. The largest absolute Gasteiger partial charge is 0.481 e. The van der Waals surface area contributed by atoms with E-state index in [1.165, 1.54) is 0 Å². The minimum absolute atomic E-state index is 0.0461. The van der Waals surface area contributed by atoms with Gasteiger partial charge in [0.25, 0.3) is 0 Å². The highest BCUT2D eigenvalue weighted by atomic mass is 16.4. The molecule has 0 saturated heterocycles. The zero-order chi connectivity index (χ0) is 13.7. The summed E-state index contributed by atoms with van der Waals surface area (Å²) >= 11 is 0. The van der Waals surface area contributed by atoms with Crippen molar-refractivity contribution in [2.75, 3.05) is 0 Å². The van der Waals surface area contributed by atoms with Gasteiger partial charge in [-0.1, -0.05) is 6.92 Å².